The fraction of sp³-hybridized carbons (Fsp3) is 0. The molecule has 0 aliphatic carbocycles. The molecule has 0 amide bonds. The van der Waals surface area contributed by atoms with Crippen LogP contribution in [0.3, 0.4) is 0 Å². The maximum absolute atomic E-state index is 10.9. The quantitative estimate of drug-likeness (QED) is 0.795. The van der Waals surface area contributed by atoms with E-state index in [0.717, 1.165) is 22.4 Å². The van der Waals surface area contributed by atoms with E-state index in [-0.39, 0.29) is 5.56 Å². The number of pyridine rings is 2. The lowest BCUT2D eigenvalue weighted by atomic mass is 10.0. The minimum absolute atomic E-state index is 0.268. The van der Waals surface area contributed by atoms with Crippen LogP contribution in [-0.2, 0) is 0 Å². The first-order valence-electron chi connectivity index (χ1n) is 6.44. The number of rotatable bonds is 3. The Morgan fingerprint density at radius 3 is 2.14 bits per heavy atom. The Morgan fingerprint density at radius 2 is 1.48 bits per heavy atom. The van der Waals surface area contributed by atoms with Gasteiger partial charge in [-0.3, -0.25) is 9.97 Å². The van der Waals surface area contributed by atoms with Crippen molar-refractivity contribution < 1.29 is 9.90 Å². The molecule has 0 fully saturated rings. The van der Waals surface area contributed by atoms with Gasteiger partial charge in [0.25, 0.3) is 0 Å². The van der Waals surface area contributed by atoms with Gasteiger partial charge < -0.3 is 5.11 Å². The first-order valence-corrected chi connectivity index (χ1v) is 6.44. The van der Waals surface area contributed by atoms with Gasteiger partial charge >= 0.3 is 5.97 Å². The molecule has 0 saturated carbocycles. The number of aromatic carboxylic acids is 1. The van der Waals surface area contributed by atoms with Crippen molar-refractivity contribution in [3.63, 3.8) is 0 Å². The van der Waals surface area contributed by atoms with Crippen LogP contribution in [0.5, 0.6) is 0 Å². The molecule has 2 heterocycles. The second kappa shape index (κ2) is 5.54. The molecule has 0 unspecified atom stereocenters. The molecule has 21 heavy (non-hydrogen) atoms. The highest BCUT2D eigenvalue weighted by Gasteiger charge is 2.05. The molecule has 0 aliphatic rings. The fourth-order valence-electron chi connectivity index (χ4n) is 2.10. The molecule has 1 N–H and O–H groups in total. The zero-order valence-electron chi connectivity index (χ0n) is 11.1. The summed E-state index contributed by atoms with van der Waals surface area (Å²) in [6.07, 6.45) is 5.24. The highest BCUT2D eigenvalue weighted by molar-refractivity contribution is 5.88. The Labute approximate surface area is 121 Å². The molecule has 0 aliphatic heterocycles. The first kappa shape index (κ1) is 13.0. The zero-order valence-corrected chi connectivity index (χ0v) is 11.1. The average Bonchev–Trinajstić information content (AvgIpc) is 2.56. The van der Waals surface area contributed by atoms with E-state index in [1.165, 1.54) is 0 Å². The summed E-state index contributed by atoms with van der Waals surface area (Å²) in [5.41, 5.74) is 4.07. The minimum Gasteiger partial charge on any atom is -0.478 e. The lowest BCUT2D eigenvalue weighted by molar-refractivity contribution is 0.0697. The van der Waals surface area contributed by atoms with Crippen molar-refractivity contribution in [2.75, 3.05) is 0 Å². The Balaban J connectivity index is 1.98. The Bertz CT molecular complexity index is 768. The summed E-state index contributed by atoms with van der Waals surface area (Å²) in [4.78, 5) is 19.2. The standard InChI is InChI=1S/C17H12N2O2/c20-17(21)14-3-1-13(2-4-14)16-11-15(7-10-19-16)12-5-8-18-9-6-12/h1-11H,(H,20,21). The summed E-state index contributed by atoms with van der Waals surface area (Å²) in [6, 6.07) is 14.5. The Kier molecular flexibility index (Phi) is 3.43. The van der Waals surface area contributed by atoms with Crippen molar-refractivity contribution in [2.24, 2.45) is 0 Å². The van der Waals surface area contributed by atoms with E-state index < -0.39 is 5.97 Å². The number of hydrogen-bond acceptors (Lipinski definition) is 3. The summed E-state index contributed by atoms with van der Waals surface area (Å²) in [5.74, 6) is -0.931. The number of nitrogens with zero attached hydrogens (tertiary/aromatic N) is 2. The third kappa shape index (κ3) is 2.79. The molecule has 4 nitrogen and oxygen atoms in total. The van der Waals surface area contributed by atoms with Crippen LogP contribution in [-0.4, -0.2) is 21.0 Å². The summed E-state index contributed by atoms with van der Waals surface area (Å²) in [5, 5.41) is 8.92. The van der Waals surface area contributed by atoms with Crippen molar-refractivity contribution in [3.8, 4) is 22.4 Å². The molecule has 0 radical (unpaired) electrons. The van der Waals surface area contributed by atoms with E-state index in [0.29, 0.717) is 0 Å². The summed E-state index contributed by atoms with van der Waals surface area (Å²) in [6.45, 7) is 0. The molecular weight excluding hydrogens is 264 g/mol. The third-order valence-corrected chi connectivity index (χ3v) is 3.20. The lowest BCUT2D eigenvalue weighted by Crippen LogP contribution is -1.95. The van der Waals surface area contributed by atoms with Gasteiger partial charge in [0.1, 0.15) is 0 Å². The highest BCUT2D eigenvalue weighted by atomic mass is 16.4. The van der Waals surface area contributed by atoms with Crippen molar-refractivity contribution in [2.45, 2.75) is 0 Å². The van der Waals surface area contributed by atoms with Crippen molar-refractivity contribution >= 4 is 5.97 Å². The predicted molar refractivity (Wildman–Crippen MR) is 79.9 cm³/mol. The van der Waals surface area contributed by atoms with E-state index in [4.69, 9.17) is 5.11 Å². The van der Waals surface area contributed by atoms with Crippen molar-refractivity contribution in [1.82, 2.24) is 9.97 Å². The molecule has 3 rings (SSSR count). The van der Waals surface area contributed by atoms with Gasteiger partial charge in [0.05, 0.1) is 11.3 Å². The van der Waals surface area contributed by atoms with Gasteiger partial charge in [-0.2, -0.15) is 0 Å². The normalized spacial score (nSPS) is 10.3. The van der Waals surface area contributed by atoms with Gasteiger partial charge in [-0.05, 0) is 47.5 Å². The second-order valence-electron chi connectivity index (χ2n) is 4.55. The number of aromatic nitrogens is 2. The molecule has 0 saturated heterocycles. The molecule has 102 valence electrons. The van der Waals surface area contributed by atoms with E-state index in [2.05, 4.69) is 9.97 Å². The van der Waals surface area contributed by atoms with E-state index in [1.54, 1.807) is 42.9 Å². The summed E-state index contributed by atoms with van der Waals surface area (Å²) >= 11 is 0. The number of benzene rings is 1. The molecule has 3 aromatic rings. The van der Waals surface area contributed by atoms with E-state index >= 15 is 0 Å². The lowest BCUT2D eigenvalue weighted by Gasteiger charge is -2.05. The monoisotopic (exact) mass is 276 g/mol. The number of hydrogen-bond donors (Lipinski definition) is 1. The Morgan fingerprint density at radius 1 is 0.810 bits per heavy atom. The molecular formula is C17H12N2O2. The van der Waals surface area contributed by atoms with Gasteiger partial charge in [0.2, 0.25) is 0 Å². The van der Waals surface area contributed by atoms with Crippen molar-refractivity contribution in [1.29, 1.82) is 0 Å². The largest absolute Gasteiger partial charge is 0.478 e. The van der Waals surface area contributed by atoms with Crippen LogP contribution in [0.2, 0.25) is 0 Å². The van der Waals surface area contributed by atoms with Crippen LogP contribution in [0.1, 0.15) is 10.4 Å². The maximum Gasteiger partial charge on any atom is 0.335 e. The van der Waals surface area contributed by atoms with Gasteiger partial charge in [0.15, 0.2) is 0 Å². The van der Waals surface area contributed by atoms with Gasteiger partial charge in [-0.1, -0.05) is 12.1 Å². The second-order valence-corrected chi connectivity index (χ2v) is 4.55. The SMILES string of the molecule is O=C(O)c1ccc(-c2cc(-c3ccncc3)ccn2)cc1. The van der Waals surface area contributed by atoms with Crippen molar-refractivity contribution in [3.05, 3.63) is 72.7 Å². The number of carbonyl (C=O) groups is 1. The molecule has 0 atom stereocenters. The van der Waals surface area contributed by atoms with Crippen LogP contribution in [0, 0.1) is 0 Å². The molecule has 0 bridgehead atoms. The molecule has 1 aromatic carbocycles. The van der Waals surface area contributed by atoms with E-state index in [1.807, 2.05) is 24.3 Å². The van der Waals surface area contributed by atoms with Gasteiger partial charge in [0, 0.05) is 24.2 Å². The highest BCUT2D eigenvalue weighted by Crippen LogP contribution is 2.24. The number of carboxylic acid groups (broad SMARTS) is 1. The summed E-state index contributed by atoms with van der Waals surface area (Å²) in [7, 11) is 0. The maximum atomic E-state index is 10.9. The molecule has 0 spiro atoms. The Hall–Kier alpha value is -3.01. The van der Waals surface area contributed by atoms with Crippen LogP contribution in [0.15, 0.2) is 67.1 Å². The zero-order chi connectivity index (χ0) is 14.7. The van der Waals surface area contributed by atoms with Gasteiger partial charge in [-0.25, -0.2) is 4.79 Å². The minimum atomic E-state index is -0.931. The van der Waals surface area contributed by atoms with Gasteiger partial charge in [-0.15, -0.1) is 0 Å². The van der Waals surface area contributed by atoms with Crippen LogP contribution < -0.4 is 0 Å². The van der Waals surface area contributed by atoms with Crippen LogP contribution in [0.4, 0.5) is 0 Å². The molecule has 4 heteroatoms. The average molecular weight is 276 g/mol. The third-order valence-electron chi connectivity index (χ3n) is 3.20. The van der Waals surface area contributed by atoms with Crippen LogP contribution >= 0.6 is 0 Å². The van der Waals surface area contributed by atoms with E-state index in [9.17, 15) is 4.79 Å². The van der Waals surface area contributed by atoms with Crippen LogP contribution in [0.25, 0.3) is 22.4 Å². The molecule has 2 aromatic heterocycles. The topological polar surface area (TPSA) is 63.1 Å². The number of carboxylic acids is 1. The summed E-state index contributed by atoms with van der Waals surface area (Å²) < 4.78 is 0. The predicted octanol–water partition coefficient (Wildman–Crippen LogP) is 3.51. The smallest absolute Gasteiger partial charge is 0.335 e. The first-order chi connectivity index (χ1) is 10.2. The fourth-order valence-corrected chi connectivity index (χ4v) is 2.10.